The maximum Gasteiger partial charge on any atom is 0.261 e. The minimum Gasteiger partial charge on any atom is -0.343 e. The number of thioether (sulfide) groups is 1. The quantitative estimate of drug-likeness (QED) is 0.207. The summed E-state index contributed by atoms with van der Waals surface area (Å²) in [4.78, 5) is 83.4. The molecule has 1 aliphatic rings. The molecular formula is C35H39N5O6S. The molecule has 0 saturated heterocycles. The van der Waals surface area contributed by atoms with Crippen LogP contribution >= 0.6 is 11.8 Å². The van der Waals surface area contributed by atoms with Gasteiger partial charge in [-0.25, -0.2) is 0 Å². The van der Waals surface area contributed by atoms with Crippen LogP contribution < -0.4 is 16.0 Å². The molecule has 0 saturated carbocycles. The van der Waals surface area contributed by atoms with E-state index in [0.29, 0.717) is 16.8 Å². The van der Waals surface area contributed by atoms with Gasteiger partial charge >= 0.3 is 0 Å². The van der Waals surface area contributed by atoms with Gasteiger partial charge in [-0.1, -0.05) is 68.1 Å². The molecule has 4 rings (SSSR count). The summed E-state index contributed by atoms with van der Waals surface area (Å²) in [6.45, 7) is 5.25. The van der Waals surface area contributed by atoms with E-state index in [9.17, 15) is 28.8 Å². The first-order valence-electron chi connectivity index (χ1n) is 15.5. The number of carbonyl (C=O) groups is 6. The third-order valence-corrected chi connectivity index (χ3v) is 8.58. The number of benzene rings is 2. The Kier molecular flexibility index (Phi) is 12.4. The number of pyridine rings is 1. The van der Waals surface area contributed by atoms with E-state index in [1.165, 1.54) is 13.1 Å². The Morgan fingerprint density at radius 1 is 0.809 bits per heavy atom. The Morgan fingerprint density at radius 2 is 1.45 bits per heavy atom. The highest BCUT2D eigenvalue weighted by Gasteiger charge is 2.35. The number of fused-ring (bicyclic) bond motifs is 1. The van der Waals surface area contributed by atoms with Gasteiger partial charge in [0.1, 0.15) is 12.1 Å². The zero-order valence-corrected chi connectivity index (χ0v) is 27.4. The van der Waals surface area contributed by atoms with Gasteiger partial charge in [-0.05, 0) is 55.0 Å². The lowest BCUT2D eigenvalue weighted by Crippen LogP contribution is -2.54. The van der Waals surface area contributed by atoms with Crippen molar-refractivity contribution in [1.82, 2.24) is 20.5 Å². The second-order valence-corrected chi connectivity index (χ2v) is 13.1. The summed E-state index contributed by atoms with van der Waals surface area (Å²) in [7, 11) is 0. The Balaban J connectivity index is 1.44. The van der Waals surface area contributed by atoms with Crippen molar-refractivity contribution in [1.29, 1.82) is 0 Å². The molecule has 1 aromatic heterocycles. The minimum atomic E-state index is -0.988. The molecule has 3 N–H and O–H groups in total. The third kappa shape index (κ3) is 9.82. The first-order valence-corrected chi connectivity index (χ1v) is 16.4. The highest BCUT2D eigenvalue weighted by atomic mass is 32.2. The van der Waals surface area contributed by atoms with Crippen molar-refractivity contribution < 1.29 is 28.8 Å². The summed E-state index contributed by atoms with van der Waals surface area (Å²) in [6, 6.07) is 17.3. The van der Waals surface area contributed by atoms with E-state index in [0.717, 1.165) is 22.2 Å². The summed E-state index contributed by atoms with van der Waals surface area (Å²) in [6.07, 6.45) is 4.04. The highest BCUT2D eigenvalue weighted by Crippen LogP contribution is 2.24. The number of aromatic nitrogens is 1. The van der Waals surface area contributed by atoms with Crippen LogP contribution in [0.15, 0.2) is 79.1 Å². The van der Waals surface area contributed by atoms with Gasteiger partial charge in [-0.2, -0.15) is 0 Å². The predicted molar refractivity (Wildman–Crippen MR) is 179 cm³/mol. The van der Waals surface area contributed by atoms with Crippen LogP contribution in [0.2, 0.25) is 0 Å². The van der Waals surface area contributed by atoms with E-state index >= 15 is 0 Å². The van der Waals surface area contributed by atoms with Gasteiger partial charge < -0.3 is 16.0 Å². The molecule has 1 aliphatic heterocycles. The molecule has 0 spiro atoms. The fourth-order valence-electron chi connectivity index (χ4n) is 5.29. The molecule has 3 aromatic rings. The summed E-state index contributed by atoms with van der Waals surface area (Å²) in [5.41, 5.74) is 1.99. The first kappa shape index (κ1) is 35.0. The average molecular weight is 658 g/mol. The van der Waals surface area contributed by atoms with Crippen LogP contribution in [0.25, 0.3) is 0 Å². The lowest BCUT2D eigenvalue weighted by molar-refractivity contribution is -0.131. The Bertz CT molecular complexity index is 1570. The molecule has 0 aliphatic carbocycles. The second kappa shape index (κ2) is 16.6. The Morgan fingerprint density at radius 3 is 2.04 bits per heavy atom. The number of amides is 5. The van der Waals surface area contributed by atoms with Crippen molar-refractivity contribution in [3.8, 4) is 0 Å². The molecule has 3 atom stereocenters. The van der Waals surface area contributed by atoms with Crippen molar-refractivity contribution in [2.75, 3.05) is 11.9 Å². The van der Waals surface area contributed by atoms with Crippen LogP contribution in [0.4, 0.5) is 5.69 Å². The van der Waals surface area contributed by atoms with E-state index in [1.54, 1.807) is 42.6 Å². The second-order valence-electron chi connectivity index (χ2n) is 11.7. The number of carbonyl (C=O) groups excluding carboxylic acids is 6. The number of nitrogens with zero attached hydrogens (tertiary/aromatic N) is 2. The van der Waals surface area contributed by atoms with E-state index in [2.05, 4.69) is 20.9 Å². The van der Waals surface area contributed by atoms with Gasteiger partial charge in [0, 0.05) is 26.1 Å². The lowest BCUT2D eigenvalue weighted by atomic mass is 10.0. The maximum absolute atomic E-state index is 13.7. The first-order chi connectivity index (χ1) is 22.5. The topological polar surface area (TPSA) is 155 Å². The standard InChI is InChI=1S/C35H39N5O6S/c1-22(2)19-28(32(43)38-29(20-24-11-5-4-6-12-24)31(42)37-25-13-9-17-36-21-25)39-33(44)30(47-23(3)41)16-10-18-40-34(45)26-14-7-8-15-27(26)35(40)46/h4-9,11-15,17,21-22,28-30H,10,16,18-20H2,1-3H3,(H,37,42)(H,38,43)(H,39,44)/t28-,29-,30-/m0/s1. The van der Waals surface area contributed by atoms with Crippen LogP contribution in [0.1, 0.15) is 66.3 Å². The molecule has 0 bridgehead atoms. The lowest BCUT2D eigenvalue weighted by Gasteiger charge is -2.26. The molecule has 11 nitrogen and oxygen atoms in total. The summed E-state index contributed by atoms with van der Waals surface area (Å²) in [5.74, 6) is -2.27. The summed E-state index contributed by atoms with van der Waals surface area (Å²) < 4.78 is 0. The fourth-order valence-corrected chi connectivity index (χ4v) is 6.15. The van der Waals surface area contributed by atoms with Crippen molar-refractivity contribution in [2.45, 2.75) is 63.8 Å². The fraction of sp³-hybridized carbons (Fsp3) is 0.343. The zero-order chi connectivity index (χ0) is 33.9. The number of anilines is 1. The van der Waals surface area contributed by atoms with Crippen LogP contribution in [0, 0.1) is 5.92 Å². The van der Waals surface area contributed by atoms with Crippen LogP contribution in [0.3, 0.4) is 0 Å². The number of nitrogens with one attached hydrogen (secondary N) is 3. The Labute approximate surface area is 278 Å². The van der Waals surface area contributed by atoms with Crippen molar-refractivity contribution in [3.63, 3.8) is 0 Å². The van der Waals surface area contributed by atoms with Gasteiger partial charge in [0.2, 0.25) is 17.7 Å². The monoisotopic (exact) mass is 657 g/mol. The van der Waals surface area contributed by atoms with Gasteiger partial charge in [-0.15, -0.1) is 0 Å². The minimum absolute atomic E-state index is 0.00979. The van der Waals surface area contributed by atoms with Crippen molar-refractivity contribution in [2.24, 2.45) is 5.92 Å². The van der Waals surface area contributed by atoms with Crippen LogP contribution in [-0.2, 0) is 25.6 Å². The normalized spacial score (nSPS) is 14.3. The molecule has 0 unspecified atom stereocenters. The van der Waals surface area contributed by atoms with Crippen molar-refractivity contribution in [3.05, 3.63) is 95.8 Å². The zero-order valence-electron chi connectivity index (χ0n) is 26.6. The number of hydrogen-bond donors (Lipinski definition) is 3. The predicted octanol–water partition coefficient (Wildman–Crippen LogP) is 4.00. The van der Waals surface area contributed by atoms with Gasteiger partial charge in [0.05, 0.1) is 28.3 Å². The smallest absolute Gasteiger partial charge is 0.261 e. The molecule has 246 valence electrons. The molecule has 5 amide bonds. The van der Waals surface area contributed by atoms with Gasteiger partial charge in [0.15, 0.2) is 5.12 Å². The highest BCUT2D eigenvalue weighted by molar-refractivity contribution is 8.14. The number of rotatable bonds is 15. The van der Waals surface area contributed by atoms with Gasteiger partial charge in [-0.3, -0.25) is 38.7 Å². The summed E-state index contributed by atoms with van der Waals surface area (Å²) in [5, 5.41) is 7.28. The molecule has 0 radical (unpaired) electrons. The van der Waals surface area contributed by atoms with Crippen LogP contribution in [-0.4, -0.2) is 68.4 Å². The number of imide groups is 1. The van der Waals surface area contributed by atoms with E-state index in [1.807, 2.05) is 44.2 Å². The largest absolute Gasteiger partial charge is 0.343 e. The van der Waals surface area contributed by atoms with Crippen LogP contribution in [0.5, 0.6) is 0 Å². The van der Waals surface area contributed by atoms with E-state index in [-0.39, 0.29) is 43.3 Å². The summed E-state index contributed by atoms with van der Waals surface area (Å²) >= 11 is 0.832. The van der Waals surface area contributed by atoms with E-state index in [4.69, 9.17) is 0 Å². The van der Waals surface area contributed by atoms with Crippen molar-refractivity contribution >= 4 is 52.1 Å². The maximum atomic E-state index is 13.7. The molecular weight excluding hydrogens is 618 g/mol. The Hall–Kier alpha value is -4.84. The molecule has 2 heterocycles. The molecule has 47 heavy (non-hydrogen) atoms. The number of hydrogen-bond acceptors (Lipinski definition) is 8. The molecule has 2 aromatic carbocycles. The molecule has 12 heteroatoms. The molecule has 0 fully saturated rings. The SMILES string of the molecule is CC(=O)S[C@@H](CCCN1C(=O)c2ccccc2C1=O)C(=O)N[C@@H](CC(C)C)C(=O)N[C@@H](Cc1ccccc1)C(=O)Nc1cccnc1. The average Bonchev–Trinajstić information content (AvgIpc) is 3.29. The van der Waals surface area contributed by atoms with Gasteiger partial charge in [0.25, 0.3) is 11.8 Å². The third-order valence-electron chi connectivity index (χ3n) is 7.51. The van der Waals surface area contributed by atoms with E-state index < -0.39 is 46.9 Å².